The Bertz CT molecular complexity index is 603. The summed E-state index contributed by atoms with van der Waals surface area (Å²) in [7, 11) is -3.60. The lowest BCUT2D eigenvalue weighted by Crippen LogP contribution is -2.57. The summed E-state index contributed by atoms with van der Waals surface area (Å²) in [5, 5.41) is 9.40. The molecule has 1 aliphatic rings. The van der Waals surface area contributed by atoms with Crippen molar-refractivity contribution in [2.45, 2.75) is 38.1 Å². The SMILES string of the molecule is CC1(C(=O)O)CCCCN1S(=O)(=O)CCc1ccncc1. The minimum absolute atomic E-state index is 0.0834. The third-order valence-electron chi connectivity index (χ3n) is 4.02. The summed E-state index contributed by atoms with van der Waals surface area (Å²) in [6.45, 7) is 1.78. The molecule has 1 atom stereocenters. The first-order valence-electron chi connectivity index (χ1n) is 6.99. The number of pyridine rings is 1. The van der Waals surface area contributed by atoms with E-state index in [-0.39, 0.29) is 12.3 Å². The normalized spacial score (nSPS) is 23.9. The minimum atomic E-state index is -3.60. The van der Waals surface area contributed by atoms with Crippen LogP contribution >= 0.6 is 0 Å². The largest absolute Gasteiger partial charge is 0.480 e. The Hall–Kier alpha value is -1.47. The summed E-state index contributed by atoms with van der Waals surface area (Å²) in [5.41, 5.74) is -0.447. The van der Waals surface area contributed by atoms with Gasteiger partial charge in [-0.25, -0.2) is 8.42 Å². The fourth-order valence-electron chi connectivity index (χ4n) is 2.66. The van der Waals surface area contributed by atoms with Crippen molar-refractivity contribution in [3.63, 3.8) is 0 Å². The van der Waals surface area contributed by atoms with E-state index in [1.165, 1.54) is 11.2 Å². The third-order valence-corrected chi connectivity index (χ3v) is 6.00. The van der Waals surface area contributed by atoms with Crippen LogP contribution in [-0.2, 0) is 21.2 Å². The molecule has 7 heteroatoms. The topological polar surface area (TPSA) is 87.6 Å². The molecule has 0 bridgehead atoms. The summed E-state index contributed by atoms with van der Waals surface area (Å²) in [6.07, 6.45) is 5.39. The highest BCUT2D eigenvalue weighted by Gasteiger charge is 2.46. The molecule has 6 nitrogen and oxygen atoms in total. The average Bonchev–Trinajstić information content (AvgIpc) is 2.46. The molecule has 2 rings (SSSR count). The molecule has 116 valence electrons. The van der Waals surface area contributed by atoms with Gasteiger partial charge in [0.15, 0.2) is 0 Å². The van der Waals surface area contributed by atoms with Crippen molar-refractivity contribution in [2.75, 3.05) is 12.3 Å². The van der Waals surface area contributed by atoms with E-state index in [9.17, 15) is 18.3 Å². The van der Waals surface area contributed by atoms with Gasteiger partial charge in [-0.05, 0) is 50.3 Å². The van der Waals surface area contributed by atoms with Crippen LogP contribution in [0.4, 0.5) is 0 Å². The highest BCUT2D eigenvalue weighted by atomic mass is 32.2. The number of hydrogen-bond donors (Lipinski definition) is 1. The van der Waals surface area contributed by atoms with Gasteiger partial charge in [-0.15, -0.1) is 0 Å². The Morgan fingerprint density at radius 2 is 2.05 bits per heavy atom. The standard InChI is InChI=1S/C14H20N2O4S/c1-14(13(17)18)7-2-3-10-16(14)21(19,20)11-6-12-4-8-15-9-5-12/h4-5,8-9H,2-3,6-7,10-11H2,1H3,(H,17,18). The number of rotatable bonds is 5. The number of hydrogen-bond acceptors (Lipinski definition) is 4. The monoisotopic (exact) mass is 312 g/mol. The number of carboxylic acid groups (broad SMARTS) is 1. The van der Waals surface area contributed by atoms with E-state index < -0.39 is 21.5 Å². The molecule has 1 aromatic rings. The highest BCUT2D eigenvalue weighted by molar-refractivity contribution is 7.89. The van der Waals surface area contributed by atoms with Crippen LogP contribution in [0.5, 0.6) is 0 Å². The van der Waals surface area contributed by atoms with Gasteiger partial charge < -0.3 is 5.11 Å². The first-order valence-corrected chi connectivity index (χ1v) is 8.60. The van der Waals surface area contributed by atoms with Crippen LogP contribution in [0.25, 0.3) is 0 Å². The van der Waals surface area contributed by atoms with Crippen molar-refractivity contribution in [1.82, 2.24) is 9.29 Å². The molecule has 0 radical (unpaired) electrons. The molecule has 1 unspecified atom stereocenters. The Morgan fingerprint density at radius 3 is 2.67 bits per heavy atom. The van der Waals surface area contributed by atoms with Crippen LogP contribution in [0.15, 0.2) is 24.5 Å². The molecule has 0 saturated carbocycles. The molecule has 21 heavy (non-hydrogen) atoms. The zero-order valence-electron chi connectivity index (χ0n) is 12.0. The van der Waals surface area contributed by atoms with E-state index in [1.807, 2.05) is 0 Å². The van der Waals surface area contributed by atoms with Crippen LogP contribution in [-0.4, -0.2) is 46.6 Å². The molecule has 0 aromatic carbocycles. The molecule has 0 aliphatic carbocycles. The maximum absolute atomic E-state index is 12.5. The fourth-order valence-corrected chi connectivity index (χ4v) is 4.57. The molecular weight excluding hydrogens is 292 g/mol. The average molecular weight is 312 g/mol. The summed E-state index contributed by atoms with van der Waals surface area (Å²) in [6, 6.07) is 3.53. The van der Waals surface area contributed by atoms with Gasteiger partial charge in [0, 0.05) is 18.9 Å². The van der Waals surface area contributed by atoms with Gasteiger partial charge in [0.05, 0.1) is 5.75 Å². The number of piperidine rings is 1. The van der Waals surface area contributed by atoms with Gasteiger partial charge in [-0.2, -0.15) is 4.31 Å². The van der Waals surface area contributed by atoms with Crippen molar-refractivity contribution in [3.8, 4) is 0 Å². The quantitative estimate of drug-likeness (QED) is 0.885. The van der Waals surface area contributed by atoms with E-state index in [0.29, 0.717) is 19.3 Å². The zero-order valence-corrected chi connectivity index (χ0v) is 12.8. The molecule has 2 heterocycles. The lowest BCUT2D eigenvalue weighted by molar-refractivity contribution is -0.149. The molecule has 1 saturated heterocycles. The number of nitrogens with zero attached hydrogens (tertiary/aromatic N) is 2. The molecule has 1 aromatic heterocycles. The lowest BCUT2D eigenvalue weighted by Gasteiger charge is -2.40. The number of carbonyl (C=O) groups is 1. The summed E-state index contributed by atoms with van der Waals surface area (Å²) in [5.74, 6) is -1.16. The van der Waals surface area contributed by atoms with Crippen molar-refractivity contribution in [2.24, 2.45) is 0 Å². The van der Waals surface area contributed by atoms with Gasteiger partial charge in [0.1, 0.15) is 5.54 Å². The second-order valence-corrected chi connectivity index (χ2v) is 7.54. The van der Waals surface area contributed by atoms with Crippen LogP contribution in [0.3, 0.4) is 0 Å². The predicted octanol–water partition coefficient (Wildman–Crippen LogP) is 1.28. The minimum Gasteiger partial charge on any atom is -0.480 e. The third kappa shape index (κ3) is 3.41. The van der Waals surface area contributed by atoms with E-state index in [2.05, 4.69) is 4.98 Å². The number of carboxylic acids is 1. The zero-order chi connectivity index (χ0) is 15.5. The Labute approximate surface area is 124 Å². The van der Waals surface area contributed by atoms with Gasteiger partial charge in [-0.3, -0.25) is 9.78 Å². The Balaban J connectivity index is 2.15. The number of aryl methyl sites for hydroxylation is 1. The Kier molecular flexibility index (Phi) is 4.63. The molecule has 0 amide bonds. The number of sulfonamides is 1. The van der Waals surface area contributed by atoms with E-state index in [1.54, 1.807) is 24.5 Å². The Morgan fingerprint density at radius 1 is 1.38 bits per heavy atom. The van der Waals surface area contributed by atoms with Crippen LogP contribution in [0.1, 0.15) is 31.7 Å². The number of aromatic nitrogens is 1. The maximum Gasteiger partial charge on any atom is 0.324 e. The first kappa shape index (κ1) is 15.9. The van der Waals surface area contributed by atoms with E-state index >= 15 is 0 Å². The molecule has 1 N–H and O–H groups in total. The molecule has 1 fully saturated rings. The second-order valence-electron chi connectivity index (χ2n) is 5.53. The summed E-state index contributed by atoms with van der Waals surface area (Å²) >= 11 is 0. The molecule has 0 spiro atoms. The predicted molar refractivity (Wildman–Crippen MR) is 78.3 cm³/mol. The summed E-state index contributed by atoms with van der Waals surface area (Å²) < 4.78 is 26.2. The van der Waals surface area contributed by atoms with Crippen LogP contribution in [0.2, 0.25) is 0 Å². The highest BCUT2D eigenvalue weighted by Crippen LogP contribution is 2.31. The van der Waals surface area contributed by atoms with Gasteiger partial charge in [-0.1, -0.05) is 0 Å². The number of aliphatic carboxylic acids is 1. The summed E-state index contributed by atoms with van der Waals surface area (Å²) in [4.78, 5) is 15.4. The lowest BCUT2D eigenvalue weighted by atomic mass is 9.91. The van der Waals surface area contributed by atoms with Crippen molar-refractivity contribution < 1.29 is 18.3 Å². The van der Waals surface area contributed by atoms with Crippen molar-refractivity contribution >= 4 is 16.0 Å². The van der Waals surface area contributed by atoms with E-state index in [4.69, 9.17) is 0 Å². The smallest absolute Gasteiger partial charge is 0.324 e. The first-order chi connectivity index (χ1) is 9.86. The van der Waals surface area contributed by atoms with Gasteiger partial charge in [0.2, 0.25) is 10.0 Å². The van der Waals surface area contributed by atoms with Crippen molar-refractivity contribution in [3.05, 3.63) is 30.1 Å². The maximum atomic E-state index is 12.5. The van der Waals surface area contributed by atoms with Crippen molar-refractivity contribution in [1.29, 1.82) is 0 Å². The molecular formula is C14H20N2O4S. The van der Waals surface area contributed by atoms with Crippen LogP contribution in [0, 0.1) is 0 Å². The fraction of sp³-hybridized carbons (Fsp3) is 0.571. The second kappa shape index (κ2) is 6.11. The van der Waals surface area contributed by atoms with E-state index in [0.717, 1.165) is 12.0 Å². The van der Waals surface area contributed by atoms with Gasteiger partial charge in [0.25, 0.3) is 0 Å². The molecule has 1 aliphatic heterocycles. The van der Waals surface area contributed by atoms with Crippen LogP contribution < -0.4 is 0 Å². The van der Waals surface area contributed by atoms with Gasteiger partial charge >= 0.3 is 5.97 Å².